The lowest BCUT2D eigenvalue weighted by molar-refractivity contribution is -0.142. The van der Waals surface area contributed by atoms with Crippen LogP contribution in [-0.2, 0) is 19.1 Å². The molecule has 2 amide bonds. The molecule has 3 atom stereocenters. The lowest BCUT2D eigenvalue weighted by Crippen LogP contribution is -2.50. The van der Waals surface area contributed by atoms with Crippen LogP contribution in [0.1, 0.15) is 59.3 Å². The number of rotatable bonds is 8. The monoisotopic (exact) mass is 459 g/mol. The second-order valence-corrected chi connectivity index (χ2v) is 9.02. The fraction of sp³-hybridized carbons (Fsp3) is 0.913. The van der Waals surface area contributed by atoms with Crippen molar-refractivity contribution in [3.63, 3.8) is 0 Å². The minimum absolute atomic E-state index is 0.00693. The van der Waals surface area contributed by atoms with Gasteiger partial charge in [0.15, 0.2) is 0 Å². The highest BCUT2D eigenvalue weighted by Gasteiger charge is 2.30. The predicted molar refractivity (Wildman–Crippen MR) is 123 cm³/mol. The number of unbranched alkanes of at least 4 members (excludes halogenated alkanes) is 1. The van der Waals surface area contributed by atoms with Crippen LogP contribution in [0.2, 0.25) is 0 Å². The van der Waals surface area contributed by atoms with Crippen molar-refractivity contribution < 1.29 is 29.3 Å². The lowest BCUT2D eigenvalue weighted by atomic mass is 10.1. The zero-order valence-corrected chi connectivity index (χ0v) is 20.2. The van der Waals surface area contributed by atoms with E-state index in [0.29, 0.717) is 51.7 Å². The molecular formula is C23H45N3O6. The molecule has 188 valence electrons. The second kappa shape index (κ2) is 16.4. The van der Waals surface area contributed by atoms with E-state index in [1.165, 1.54) is 6.92 Å². The van der Waals surface area contributed by atoms with Crippen molar-refractivity contribution in [2.24, 2.45) is 11.7 Å². The molecule has 0 unspecified atom stereocenters. The normalized spacial score (nSPS) is 24.4. The van der Waals surface area contributed by atoms with Crippen LogP contribution in [0.5, 0.6) is 0 Å². The number of aliphatic hydroxyl groups is 2. The molecule has 0 spiro atoms. The summed E-state index contributed by atoms with van der Waals surface area (Å²) in [6.07, 6.45) is 1.29. The Balaban J connectivity index is 2.91. The fourth-order valence-electron chi connectivity index (χ4n) is 3.55. The van der Waals surface area contributed by atoms with Crippen molar-refractivity contribution in [2.45, 2.75) is 77.6 Å². The first-order chi connectivity index (χ1) is 15.3. The Morgan fingerprint density at radius 3 is 2.50 bits per heavy atom. The summed E-state index contributed by atoms with van der Waals surface area (Å²) in [4.78, 5) is 28.4. The minimum atomic E-state index is -1.18. The third-order valence-electron chi connectivity index (χ3n) is 5.74. The average Bonchev–Trinajstić information content (AvgIpc) is 2.74. The quantitative estimate of drug-likeness (QED) is 0.458. The second-order valence-electron chi connectivity index (χ2n) is 9.02. The number of nitrogens with two attached hydrogens (primary N) is 1. The van der Waals surface area contributed by atoms with Gasteiger partial charge in [-0.15, -0.1) is 0 Å². The lowest BCUT2D eigenvalue weighted by Gasteiger charge is -2.33. The molecule has 0 aromatic heterocycles. The van der Waals surface area contributed by atoms with E-state index in [2.05, 4.69) is 13.8 Å². The molecule has 4 N–H and O–H groups in total. The van der Waals surface area contributed by atoms with Crippen molar-refractivity contribution in [3.8, 4) is 0 Å². The predicted octanol–water partition coefficient (Wildman–Crippen LogP) is 0.756. The highest BCUT2D eigenvalue weighted by Crippen LogP contribution is 2.13. The maximum Gasteiger partial charge on any atom is 0.222 e. The molecule has 1 rings (SSSR count). The molecule has 1 heterocycles. The molecule has 32 heavy (non-hydrogen) atoms. The summed E-state index contributed by atoms with van der Waals surface area (Å²) in [6.45, 7) is 8.54. The van der Waals surface area contributed by atoms with E-state index in [4.69, 9.17) is 15.2 Å². The fourth-order valence-corrected chi connectivity index (χ4v) is 3.55. The molecule has 9 heteroatoms. The van der Waals surface area contributed by atoms with Gasteiger partial charge in [0, 0.05) is 52.7 Å². The van der Waals surface area contributed by atoms with Gasteiger partial charge >= 0.3 is 0 Å². The number of carbonyl (C=O) groups is 2. The van der Waals surface area contributed by atoms with Gasteiger partial charge in [0.05, 0.1) is 6.61 Å². The molecule has 1 aliphatic heterocycles. The van der Waals surface area contributed by atoms with Crippen molar-refractivity contribution in [3.05, 3.63) is 0 Å². The summed E-state index contributed by atoms with van der Waals surface area (Å²) in [6, 6.07) is 0. The number of ether oxygens (including phenoxy) is 2. The van der Waals surface area contributed by atoms with Gasteiger partial charge < -0.3 is 35.2 Å². The molecule has 1 fully saturated rings. The van der Waals surface area contributed by atoms with E-state index in [9.17, 15) is 19.8 Å². The van der Waals surface area contributed by atoms with Crippen LogP contribution in [0.25, 0.3) is 0 Å². The van der Waals surface area contributed by atoms with Crippen LogP contribution in [0, 0.1) is 5.92 Å². The highest BCUT2D eigenvalue weighted by molar-refractivity contribution is 5.76. The summed E-state index contributed by atoms with van der Waals surface area (Å²) in [5.74, 6) is 0.333. The highest BCUT2D eigenvalue weighted by atomic mass is 16.5. The first-order valence-electron chi connectivity index (χ1n) is 12.0. The molecule has 0 aromatic rings. The van der Waals surface area contributed by atoms with Gasteiger partial charge in [-0.2, -0.15) is 0 Å². The number of carbonyl (C=O) groups excluding carboxylic acids is 2. The van der Waals surface area contributed by atoms with E-state index in [1.54, 1.807) is 9.80 Å². The topological polar surface area (TPSA) is 126 Å². The average molecular weight is 460 g/mol. The van der Waals surface area contributed by atoms with Gasteiger partial charge in [0.1, 0.15) is 18.3 Å². The molecule has 1 saturated heterocycles. The van der Waals surface area contributed by atoms with Crippen LogP contribution in [-0.4, -0.2) is 103 Å². The number of nitrogens with zero attached hydrogens (tertiary/aromatic N) is 2. The summed E-state index contributed by atoms with van der Waals surface area (Å²) >= 11 is 0. The Morgan fingerprint density at radius 1 is 1.12 bits per heavy atom. The third-order valence-corrected chi connectivity index (χ3v) is 5.74. The van der Waals surface area contributed by atoms with Gasteiger partial charge in [-0.1, -0.05) is 13.8 Å². The van der Waals surface area contributed by atoms with Crippen LogP contribution in [0.4, 0.5) is 0 Å². The number of amides is 2. The van der Waals surface area contributed by atoms with Crippen molar-refractivity contribution in [1.29, 1.82) is 0 Å². The van der Waals surface area contributed by atoms with Crippen molar-refractivity contribution in [2.75, 3.05) is 52.5 Å². The van der Waals surface area contributed by atoms with E-state index < -0.39 is 18.3 Å². The van der Waals surface area contributed by atoms with Crippen LogP contribution >= 0.6 is 0 Å². The summed E-state index contributed by atoms with van der Waals surface area (Å²) < 4.78 is 11.4. The molecule has 0 aromatic carbocycles. The Kier molecular flexibility index (Phi) is 14.7. The number of hydrogen-bond acceptors (Lipinski definition) is 7. The zero-order chi connectivity index (χ0) is 23.9. The standard InChI is InChI=1S/C23H45N3O6/c1-18(2)9-15-32-21-16-26(19(3)27)13-12-25(22(29)8-4-5-10-24)11-6-7-14-31-17-20(28)23(21)30/h18,20-21,23,28,30H,4-17,24H2,1-3H3/t20-,21-,23-/m1/s1. The van der Waals surface area contributed by atoms with E-state index in [0.717, 1.165) is 32.1 Å². The Hall–Kier alpha value is -1.26. The van der Waals surface area contributed by atoms with Gasteiger partial charge in [0.2, 0.25) is 11.8 Å². The van der Waals surface area contributed by atoms with E-state index in [-0.39, 0.29) is 25.0 Å². The van der Waals surface area contributed by atoms with Crippen LogP contribution < -0.4 is 5.73 Å². The molecular weight excluding hydrogens is 414 g/mol. The molecule has 0 bridgehead atoms. The van der Waals surface area contributed by atoms with E-state index in [1.807, 2.05) is 0 Å². The SMILES string of the molecule is CC(=O)N1CCN(C(=O)CCCCN)CCCCOC[C@@H](O)[C@@H](O)[C@H](OCCC(C)C)C1. The molecule has 9 nitrogen and oxygen atoms in total. The summed E-state index contributed by atoms with van der Waals surface area (Å²) in [5.41, 5.74) is 5.54. The molecule has 0 aliphatic carbocycles. The Bertz CT molecular complexity index is 534. The molecule has 0 radical (unpaired) electrons. The van der Waals surface area contributed by atoms with Gasteiger partial charge in [-0.05, 0) is 44.6 Å². The van der Waals surface area contributed by atoms with E-state index >= 15 is 0 Å². The Labute approximate surface area is 193 Å². The summed E-state index contributed by atoms with van der Waals surface area (Å²) in [7, 11) is 0. The Morgan fingerprint density at radius 2 is 1.84 bits per heavy atom. The molecule has 1 aliphatic rings. The first-order valence-corrected chi connectivity index (χ1v) is 12.0. The number of hydrogen-bond donors (Lipinski definition) is 3. The third kappa shape index (κ3) is 11.6. The number of aliphatic hydroxyl groups excluding tert-OH is 2. The van der Waals surface area contributed by atoms with Crippen LogP contribution in [0.15, 0.2) is 0 Å². The maximum absolute atomic E-state index is 12.7. The smallest absolute Gasteiger partial charge is 0.222 e. The summed E-state index contributed by atoms with van der Waals surface area (Å²) in [5, 5.41) is 21.1. The van der Waals surface area contributed by atoms with Crippen molar-refractivity contribution >= 4 is 11.8 Å². The molecule has 0 saturated carbocycles. The van der Waals surface area contributed by atoms with Gasteiger partial charge in [0.25, 0.3) is 0 Å². The van der Waals surface area contributed by atoms with Crippen molar-refractivity contribution in [1.82, 2.24) is 9.80 Å². The first kappa shape index (κ1) is 28.8. The van der Waals surface area contributed by atoms with Crippen LogP contribution in [0.3, 0.4) is 0 Å². The maximum atomic E-state index is 12.7. The van der Waals surface area contributed by atoms with Gasteiger partial charge in [-0.25, -0.2) is 0 Å². The van der Waals surface area contributed by atoms with Gasteiger partial charge in [-0.3, -0.25) is 9.59 Å². The largest absolute Gasteiger partial charge is 0.388 e. The zero-order valence-electron chi connectivity index (χ0n) is 20.2. The minimum Gasteiger partial charge on any atom is -0.388 e.